The third kappa shape index (κ3) is 4.85. The maximum atomic E-state index is 12.8. The molecule has 112 valence electrons. The van der Waals surface area contributed by atoms with Gasteiger partial charge in [0, 0.05) is 13.1 Å². The molecule has 0 bridgehead atoms. The van der Waals surface area contributed by atoms with Crippen LogP contribution in [-0.2, 0) is 22.3 Å². The van der Waals surface area contributed by atoms with E-state index in [0.29, 0.717) is 6.61 Å². The Hall–Kier alpha value is -1.56. The summed E-state index contributed by atoms with van der Waals surface area (Å²) in [5.41, 5.74) is -0.493. The highest BCUT2D eigenvalue weighted by atomic mass is 19.4. The van der Waals surface area contributed by atoms with E-state index < -0.39 is 17.7 Å². The predicted molar refractivity (Wildman–Crippen MR) is 68.9 cm³/mol. The van der Waals surface area contributed by atoms with Gasteiger partial charge in [-0.1, -0.05) is 25.1 Å². The van der Waals surface area contributed by atoms with Crippen molar-refractivity contribution in [2.45, 2.75) is 26.6 Å². The average molecular weight is 289 g/mol. The van der Waals surface area contributed by atoms with Crippen LogP contribution in [-0.4, -0.2) is 19.1 Å². The largest absolute Gasteiger partial charge is 0.466 e. The van der Waals surface area contributed by atoms with Gasteiger partial charge in [0.25, 0.3) is 0 Å². The van der Waals surface area contributed by atoms with E-state index in [1.807, 2.05) is 0 Å². The molecule has 1 aromatic rings. The highest BCUT2D eigenvalue weighted by Crippen LogP contribution is 2.31. The molecule has 1 atom stereocenters. The second-order valence-corrected chi connectivity index (χ2v) is 4.44. The second kappa shape index (κ2) is 7.28. The molecule has 0 saturated carbocycles. The molecule has 6 heteroatoms. The number of esters is 1. The van der Waals surface area contributed by atoms with Crippen LogP contribution in [0.4, 0.5) is 13.2 Å². The number of nitrogens with one attached hydrogen (secondary N) is 1. The third-order valence-electron chi connectivity index (χ3n) is 2.78. The molecule has 0 amide bonds. The van der Waals surface area contributed by atoms with Crippen molar-refractivity contribution in [3.05, 3.63) is 35.4 Å². The smallest absolute Gasteiger partial charge is 0.416 e. The molecule has 0 saturated heterocycles. The molecule has 1 aromatic carbocycles. The van der Waals surface area contributed by atoms with E-state index in [4.69, 9.17) is 4.74 Å². The molecule has 0 fully saturated rings. The van der Waals surface area contributed by atoms with E-state index in [2.05, 4.69) is 5.32 Å². The molecule has 1 rings (SSSR count). The first-order valence-corrected chi connectivity index (χ1v) is 6.38. The first-order valence-electron chi connectivity index (χ1n) is 6.38. The van der Waals surface area contributed by atoms with Crippen molar-refractivity contribution >= 4 is 5.97 Å². The number of rotatable bonds is 6. The Morgan fingerprint density at radius 1 is 1.35 bits per heavy atom. The summed E-state index contributed by atoms with van der Waals surface area (Å²) in [6.07, 6.45) is -4.37. The zero-order valence-corrected chi connectivity index (χ0v) is 11.5. The fraction of sp³-hybridized carbons (Fsp3) is 0.500. The fourth-order valence-corrected chi connectivity index (χ4v) is 1.74. The van der Waals surface area contributed by atoms with Crippen molar-refractivity contribution in [2.75, 3.05) is 13.2 Å². The molecule has 0 aliphatic heterocycles. The van der Waals surface area contributed by atoms with Crippen molar-refractivity contribution in [1.82, 2.24) is 5.32 Å². The van der Waals surface area contributed by atoms with Gasteiger partial charge in [-0.15, -0.1) is 0 Å². The number of benzene rings is 1. The Morgan fingerprint density at radius 2 is 2.00 bits per heavy atom. The minimum atomic E-state index is -4.37. The van der Waals surface area contributed by atoms with E-state index >= 15 is 0 Å². The first-order chi connectivity index (χ1) is 9.36. The lowest BCUT2D eigenvalue weighted by molar-refractivity contribution is -0.147. The van der Waals surface area contributed by atoms with Gasteiger partial charge in [-0.2, -0.15) is 13.2 Å². The molecule has 1 N–H and O–H groups in total. The van der Waals surface area contributed by atoms with Gasteiger partial charge in [0.2, 0.25) is 0 Å². The third-order valence-corrected chi connectivity index (χ3v) is 2.78. The van der Waals surface area contributed by atoms with Crippen LogP contribution in [0.5, 0.6) is 0 Å². The van der Waals surface area contributed by atoms with E-state index in [1.165, 1.54) is 12.1 Å². The Labute approximate surface area is 116 Å². The summed E-state index contributed by atoms with van der Waals surface area (Å²) in [5.74, 6) is -0.753. The van der Waals surface area contributed by atoms with Gasteiger partial charge < -0.3 is 10.1 Å². The van der Waals surface area contributed by atoms with Crippen LogP contribution >= 0.6 is 0 Å². The number of hydrogen-bond acceptors (Lipinski definition) is 3. The lowest BCUT2D eigenvalue weighted by Crippen LogP contribution is -2.28. The van der Waals surface area contributed by atoms with Crippen LogP contribution in [0.3, 0.4) is 0 Å². The number of alkyl halides is 3. The van der Waals surface area contributed by atoms with Gasteiger partial charge >= 0.3 is 12.1 Å². The summed E-state index contributed by atoms with van der Waals surface area (Å²) in [5, 5.41) is 2.85. The predicted octanol–water partition coefficient (Wildman–Crippen LogP) is 2.99. The molecule has 0 aromatic heterocycles. The summed E-state index contributed by atoms with van der Waals surface area (Å²) >= 11 is 0. The number of carbonyl (C=O) groups excluding carboxylic acids is 1. The van der Waals surface area contributed by atoms with Gasteiger partial charge in [-0.05, 0) is 18.6 Å². The Balaban J connectivity index is 2.57. The van der Waals surface area contributed by atoms with Crippen LogP contribution in [0.25, 0.3) is 0 Å². The molecule has 3 nitrogen and oxygen atoms in total. The van der Waals surface area contributed by atoms with E-state index in [0.717, 1.165) is 6.07 Å². The highest BCUT2D eigenvalue weighted by Gasteiger charge is 2.32. The molecular formula is C14H18F3NO2. The standard InChI is InChI=1S/C14H18F3NO2/c1-3-20-13(19)10(2)8-18-9-11-6-4-5-7-12(11)14(15,16)17/h4-7,10,18H,3,8-9H2,1-2H3. The quantitative estimate of drug-likeness (QED) is 0.818. The molecular weight excluding hydrogens is 271 g/mol. The average Bonchev–Trinajstić information content (AvgIpc) is 2.38. The molecule has 0 radical (unpaired) electrons. The van der Waals surface area contributed by atoms with Gasteiger partial charge in [-0.3, -0.25) is 4.79 Å². The molecule has 0 heterocycles. The van der Waals surface area contributed by atoms with Crippen molar-refractivity contribution in [3.8, 4) is 0 Å². The summed E-state index contributed by atoms with van der Waals surface area (Å²) in [4.78, 5) is 11.4. The SMILES string of the molecule is CCOC(=O)C(C)CNCc1ccccc1C(F)(F)F. The molecule has 0 aliphatic rings. The fourth-order valence-electron chi connectivity index (χ4n) is 1.74. The summed E-state index contributed by atoms with van der Waals surface area (Å²) in [6, 6.07) is 5.38. The number of hydrogen-bond donors (Lipinski definition) is 1. The Morgan fingerprint density at radius 3 is 2.60 bits per heavy atom. The van der Waals surface area contributed by atoms with Gasteiger partial charge in [0.15, 0.2) is 0 Å². The lowest BCUT2D eigenvalue weighted by atomic mass is 10.1. The highest BCUT2D eigenvalue weighted by molar-refractivity contribution is 5.72. The summed E-state index contributed by atoms with van der Waals surface area (Å²) in [6.45, 7) is 3.99. The first kappa shape index (κ1) is 16.5. The Bertz CT molecular complexity index is 446. The minimum Gasteiger partial charge on any atom is -0.466 e. The maximum Gasteiger partial charge on any atom is 0.416 e. The zero-order valence-electron chi connectivity index (χ0n) is 11.5. The van der Waals surface area contributed by atoms with Gasteiger partial charge in [0.1, 0.15) is 0 Å². The molecule has 20 heavy (non-hydrogen) atoms. The lowest BCUT2D eigenvalue weighted by Gasteiger charge is -2.15. The van der Waals surface area contributed by atoms with Crippen molar-refractivity contribution < 1.29 is 22.7 Å². The zero-order chi connectivity index (χ0) is 15.2. The number of ether oxygens (including phenoxy) is 1. The van der Waals surface area contributed by atoms with Crippen molar-refractivity contribution in [2.24, 2.45) is 5.92 Å². The maximum absolute atomic E-state index is 12.8. The normalized spacial score (nSPS) is 13.1. The van der Waals surface area contributed by atoms with Crippen LogP contribution in [0.2, 0.25) is 0 Å². The minimum absolute atomic E-state index is 0.0550. The van der Waals surface area contributed by atoms with Gasteiger partial charge in [0.05, 0.1) is 18.1 Å². The molecule has 1 unspecified atom stereocenters. The van der Waals surface area contributed by atoms with Crippen LogP contribution in [0, 0.1) is 5.92 Å². The van der Waals surface area contributed by atoms with Crippen LogP contribution < -0.4 is 5.32 Å². The number of halogens is 3. The van der Waals surface area contributed by atoms with Crippen molar-refractivity contribution in [3.63, 3.8) is 0 Å². The monoisotopic (exact) mass is 289 g/mol. The second-order valence-electron chi connectivity index (χ2n) is 4.44. The summed E-state index contributed by atoms with van der Waals surface area (Å²) in [7, 11) is 0. The topological polar surface area (TPSA) is 38.3 Å². The van der Waals surface area contributed by atoms with Gasteiger partial charge in [-0.25, -0.2) is 0 Å². The van der Waals surface area contributed by atoms with Crippen LogP contribution in [0.15, 0.2) is 24.3 Å². The van der Waals surface area contributed by atoms with E-state index in [1.54, 1.807) is 19.9 Å². The molecule has 0 spiro atoms. The van der Waals surface area contributed by atoms with Crippen LogP contribution in [0.1, 0.15) is 25.0 Å². The number of carbonyl (C=O) groups is 1. The summed E-state index contributed by atoms with van der Waals surface area (Å²) < 4.78 is 43.1. The van der Waals surface area contributed by atoms with Crippen molar-refractivity contribution in [1.29, 1.82) is 0 Å². The Kier molecular flexibility index (Phi) is 6.01. The van der Waals surface area contributed by atoms with E-state index in [9.17, 15) is 18.0 Å². The molecule has 0 aliphatic carbocycles. The van der Waals surface area contributed by atoms with E-state index in [-0.39, 0.29) is 24.6 Å².